The molecule has 2 aromatic carbocycles. The minimum absolute atomic E-state index is 0.0255. The molecule has 0 saturated heterocycles. The van der Waals surface area contributed by atoms with Gasteiger partial charge in [-0.3, -0.25) is 4.79 Å². The fraction of sp³-hybridized carbons (Fsp3) is 0.182. The maximum absolute atomic E-state index is 13.3. The predicted molar refractivity (Wildman–Crippen MR) is 119 cm³/mol. The number of sulfonamides is 1. The number of esters is 1. The van der Waals surface area contributed by atoms with E-state index >= 15 is 0 Å². The molecule has 0 atom stereocenters. The number of primary amides is 1. The number of carbonyl (C=O) groups is 2. The molecule has 0 fully saturated rings. The summed E-state index contributed by atoms with van der Waals surface area (Å²) in [5, 5.41) is 0. The van der Waals surface area contributed by atoms with Crippen molar-refractivity contribution in [3.05, 3.63) is 77.9 Å². The maximum atomic E-state index is 13.3. The van der Waals surface area contributed by atoms with Gasteiger partial charge in [0.05, 0.1) is 23.7 Å². The number of hydrogen-bond acceptors (Lipinski definition) is 8. The highest BCUT2D eigenvalue weighted by Crippen LogP contribution is 2.15. The lowest BCUT2D eigenvalue weighted by atomic mass is 10.2. The highest BCUT2D eigenvalue weighted by Gasteiger charge is 2.15. The number of aromatic nitrogens is 2. The van der Waals surface area contributed by atoms with Crippen LogP contribution >= 0.6 is 0 Å². The summed E-state index contributed by atoms with van der Waals surface area (Å²) >= 11 is 0. The smallest absolute Gasteiger partial charge is 0.341 e. The molecular formula is C22H21FN4O6S. The van der Waals surface area contributed by atoms with Crippen LogP contribution in [0.1, 0.15) is 20.7 Å². The molecule has 0 unspecified atom stereocenters. The quantitative estimate of drug-likeness (QED) is 0.305. The van der Waals surface area contributed by atoms with Gasteiger partial charge in [0.15, 0.2) is 5.82 Å². The van der Waals surface area contributed by atoms with Crippen LogP contribution in [0.5, 0.6) is 0 Å². The molecule has 34 heavy (non-hydrogen) atoms. The van der Waals surface area contributed by atoms with Crippen molar-refractivity contribution in [1.82, 2.24) is 14.7 Å². The lowest BCUT2D eigenvalue weighted by Gasteiger charge is -2.09. The number of hydrogen-bond donors (Lipinski definition) is 2. The van der Waals surface area contributed by atoms with Gasteiger partial charge in [0, 0.05) is 30.1 Å². The molecule has 0 aliphatic rings. The standard InChI is InChI=1S/C22H21FN4O6S/c23-18-5-1-4-16(11-18)21-25-13-17(14-26-21)22(29)33-10-9-32-8-7-27-34(30,31)19-6-2-3-15(12-19)20(24)28/h1-6,11-14,27H,7-10H2,(H2,24,28). The summed E-state index contributed by atoms with van der Waals surface area (Å²) in [6.45, 7) is -0.0467. The molecule has 3 N–H and O–H groups in total. The molecule has 0 radical (unpaired) electrons. The Labute approximate surface area is 195 Å². The molecule has 3 rings (SSSR count). The first-order chi connectivity index (χ1) is 16.3. The fourth-order valence-electron chi connectivity index (χ4n) is 2.74. The summed E-state index contributed by atoms with van der Waals surface area (Å²) in [6.07, 6.45) is 2.55. The van der Waals surface area contributed by atoms with Crippen molar-refractivity contribution in [3.63, 3.8) is 0 Å². The van der Waals surface area contributed by atoms with Gasteiger partial charge >= 0.3 is 5.97 Å². The molecule has 178 valence electrons. The molecule has 0 bridgehead atoms. The molecule has 12 heteroatoms. The fourth-order valence-corrected chi connectivity index (χ4v) is 3.80. The summed E-state index contributed by atoms with van der Waals surface area (Å²) in [7, 11) is -3.84. The Hall–Kier alpha value is -3.74. The van der Waals surface area contributed by atoms with Gasteiger partial charge in [0.1, 0.15) is 12.4 Å². The second kappa shape index (κ2) is 11.4. The van der Waals surface area contributed by atoms with Gasteiger partial charge in [0.2, 0.25) is 15.9 Å². The molecule has 0 saturated carbocycles. The van der Waals surface area contributed by atoms with E-state index in [9.17, 15) is 22.4 Å². The second-order valence-corrected chi connectivity index (χ2v) is 8.61. The largest absolute Gasteiger partial charge is 0.460 e. The lowest BCUT2D eigenvalue weighted by molar-refractivity contribution is 0.0325. The SMILES string of the molecule is NC(=O)c1cccc(S(=O)(=O)NCCOCCOC(=O)c2cnc(-c3cccc(F)c3)nc2)c1. The molecule has 0 aliphatic heterocycles. The maximum Gasteiger partial charge on any atom is 0.341 e. The van der Waals surface area contributed by atoms with Gasteiger partial charge in [0.25, 0.3) is 0 Å². The van der Waals surface area contributed by atoms with E-state index in [0.717, 1.165) is 0 Å². The van der Waals surface area contributed by atoms with Crippen LogP contribution < -0.4 is 10.5 Å². The van der Waals surface area contributed by atoms with Crippen molar-refractivity contribution < 1.29 is 31.9 Å². The number of ether oxygens (including phenoxy) is 2. The van der Waals surface area contributed by atoms with E-state index in [1.165, 1.54) is 54.9 Å². The summed E-state index contributed by atoms with van der Waals surface area (Å²) in [4.78, 5) is 31.2. The molecule has 10 nitrogen and oxygen atoms in total. The number of carbonyl (C=O) groups excluding carboxylic acids is 2. The normalized spacial score (nSPS) is 11.2. The van der Waals surface area contributed by atoms with E-state index in [1.807, 2.05) is 0 Å². The number of nitrogens with one attached hydrogen (secondary N) is 1. The Morgan fingerprint density at radius 1 is 0.971 bits per heavy atom. The van der Waals surface area contributed by atoms with Crippen LogP contribution in [0.2, 0.25) is 0 Å². The minimum atomic E-state index is -3.84. The van der Waals surface area contributed by atoms with Crippen LogP contribution in [0.25, 0.3) is 11.4 Å². The van der Waals surface area contributed by atoms with Crippen molar-refractivity contribution in [1.29, 1.82) is 0 Å². The lowest BCUT2D eigenvalue weighted by Crippen LogP contribution is -2.28. The topological polar surface area (TPSA) is 151 Å². The minimum Gasteiger partial charge on any atom is -0.460 e. The molecule has 1 amide bonds. The third-order valence-corrected chi connectivity index (χ3v) is 5.86. The van der Waals surface area contributed by atoms with Gasteiger partial charge in [-0.1, -0.05) is 18.2 Å². The number of rotatable bonds is 11. The van der Waals surface area contributed by atoms with Crippen molar-refractivity contribution in [2.45, 2.75) is 4.90 Å². The third kappa shape index (κ3) is 6.88. The molecule has 0 spiro atoms. The van der Waals surface area contributed by atoms with Gasteiger partial charge in [-0.2, -0.15) is 0 Å². The van der Waals surface area contributed by atoms with E-state index in [-0.39, 0.29) is 48.2 Å². The summed E-state index contributed by atoms with van der Waals surface area (Å²) < 4.78 is 50.5. The molecular weight excluding hydrogens is 467 g/mol. The van der Waals surface area contributed by atoms with E-state index < -0.39 is 27.7 Å². The Morgan fingerprint density at radius 3 is 2.41 bits per heavy atom. The molecule has 1 heterocycles. The van der Waals surface area contributed by atoms with Gasteiger partial charge in [-0.25, -0.2) is 32.3 Å². The van der Waals surface area contributed by atoms with Crippen molar-refractivity contribution >= 4 is 21.9 Å². The second-order valence-electron chi connectivity index (χ2n) is 6.84. The Morgan fingerprint density at radius 2 is 1.71 bits per heavy atom. The van der Waals surface area contributed by atoms with Gasteiger partial charge < -0.3 is 15.2 Å². The van der Waals surface area contributed by atoms with Crippen LogP contribution in [0.15, 0.2) is 65.8 Å². The monoisotopic (exact) mass is 488 g/mol. The first kappa shape index (κ1) is 24.9. The number of benzene rings is 2. The zero-order valence-corrected chi connectivity index (χ0v) is 18.6. The highest BCUT2D eigenvalue weighted by atomic mass is 32.2. The third-order valence-electron chi connectivity index (χ3n) is 4.40. The van der Waals surface area contributed by atoms with Gasteiger partial charge in [-0.15, -0.1) is 0 Å². The summed E-state index contributed by atoms with van der Waals surface area (Å²) in [5.74, 6) is -1.55. The zero-order chi connectivity index (χ0) is 24.6. The van der Waals surface area contributed by atoms with E-state index in [0.29, 0.717) is 5.56 Å². The first-order valence-electron chi connectivity index (χ1n) is 9.98. The van der Waals surface area contributed by atoms with E-state index in [2.05, 4.69) is 14.7 Å². The predicted octanol–water partition coefficient (Wildman–Crippen LogP) is 1.53. The zero-order valence-electron chi connectivity index (χ0n) is 17.8. The van der Waals surface area contributed by atoms with Crippen LogP contribution in [0.4, 0.5) is 4.39 Å². The van der Waals surface area contributed by atoms with Crippen LogP contribution in [0.3, 0.4) is 0 Å². The highest BCUT2D eigenvalue weighted by molar-refractivity contribution is 7.89. The van der Waals surface area contributed by atoms with Crippen molar-refractivity contribution in [2.24, 2.45) is 5.73 Å². The molecule has 0 aliphatic carbocycles. The Balaban J connectivity index is 1.37. The van der Waals surface area contributed by atoms with Crippen LogP contribution in [-0.2, 0) is 19.5 Å². The average Bonchev–Trinajstić information content (AvgIpc) is 2.83. The Kier molecular flexibility index (Phi) is 8.35. The van der Waals surface area contributed by atoms with E-state index in [4.69, 9.17) is 15.2 Å². The first-order valence-corrected chi connectivity index (χ1v) is 11.5. The van der Waals surface area contributed by atoms with Gasteiger partial charge in [-0.05, 0) is 30.3 Å². The van der Waals surface area contributed by atoms with Crippen LogP contribution in [0, 0.1) is 5.82 Å². The van der Waals surface area contributed by atoms with Crippen molar-refractivity contribution in [2.75, 3.05) is 26.4 Å². The number of halogens is 1. The summed E-state index contributed by atoms with van der Waals surface area (Å²) in [5.41, 5.74) is 5.83. The molecule has 1 aromatic heterocycles. The number of nitrogens with two attached hydrogens (primary N) is 1. The van der Waals surface area contributed by atoms with E-state index in [1.54, 1.807) is 6.07 Å². The summed E-state index contributed by atoms with van der Waals surface area (Å²) in [6, 6.07) is 11.1. The average molecular weight is 488 g/mol. The molecule has 3 aromatic rings. The number of nitrogens with zero attached hydrogens (tertiary/aromatic N) is 2. The van der Waals surface area contributed by atoms with Crippen molar-refractivity contribution in [3.8, 4) is 11.4 Å². The Bertz CT molecular complexity index is 1270. The number of amides is 1. The van der Waals surface area contributed by atoms with Crippen LogP contribution in [-0.4, -0.2) is 56.6 Å².